The van der Waals surface area contributed by atoms with Gasteiger partial charge in [0.1, 0.15) is 25.9 Å². The van der Waals surface area contributed by atoms with E-state index in [1.165, 1.54) is 0 Å². The van der Waals surface area contributed by atoms with E-state index in [0.29, 0.717) is 0 Å². The summed E-state index contributed by atoms with van der Waals surface area (Å²) in [6.45, 7) is 0. The smallest absolute Gasteiger partial charge is 0.135 e. The van der Waals surface area contributed by atoms with Crippen LogP contribution in [0.4, 0.5) is 0 Å². The maximum atomic E-state index is 11.1. The summed E-state index contributed by atoms with van der Waals surface area (Å²) in [5.41, 5.74) is 0. The van der Waals surface area contributed by atoms with Crippen LogP contribution in [0, 0.1) is 5.92 Å². The molecule has 1 aliphatic heterocycles. The number of hydrogen-bond acceptors (Lipinski definition) is 7. The Labute approximate surface area is 85.5 Å². The van der Waals surface area contributed by atoms with Crippen molar-refractivity contribution in [2.24, 2.45) is 5.92 Å². The molecule has 4 N–H and O–H groups in total. The molecule has 7 atom stereocenters. The van der Waals surface area contributed by atoms with Crippen molar-refractivity contribution in [2.75, 3.05) is 6.16 Å². The molecule has 1 unspecified atom stereocenters. The maximum Gasteiger partial charge on any atom is 0.135 e. The second kappa shape index (κ2) is 3.49. The van der Waals surface area contributed by atoms with Gasteiger partial charge in [0.25, 0.3) is 0 Å². The fourth-order valence-corrected chi connectivity index (χ4v) is 3.82. The highest BCUT2D eigenvalue weighted by atomic mass is 31.2. The van der Waals surface area contributed by atoms with E-state index >= 15 is 0 Å². The summed E-state index contributed by atoms with van der Waals surface area (Å²) < 4.78 is 15.7. The van der Waals surface area contributed by atoms with E-state index < -0.39 is 50.2 Å². The molecule has 2 fully saturated rings. The van der Waals surface area contributed by atoms with Crippen LogP contribution in [0.5, 0.6) is 0 Å². The number of rotatable bonds is 0. The molecule has 15 heavy (non-hydrogen) atoms. The first-order chi connectivity index (χ1) is 6.83. The fourth-order valence-electron chi connectivity index (χ4n) is 2.14. The highest BCUT2D eigenvalue weighted by molar-refractivity contribution is 7.51. The van der Waals surface area contributed by atoms with Crippen molar-refractivity contribution in [2.45, 2.75) is 30.5 Å². The van der Waals surface area contributed by atoms with E-state index in [1.807, 2.05) is 0 Å². The first-order valence-electron chi connectivity index (χ1n) is 4.54. The molecule has 1 saturated heterocycles. The standard InChI is InChI=1S/C7H13O7P/c8-3-2-1-15(12,13)14-7(2)6(11)5(10)4(3)9/h2-11H,1H2,(H,12,13)/p-1/t2-,3+,4-,5+,6-,7-/m1/s1. The number of aliphatic hydroxyl groups is 4. The molecule has 7 nitrogen and oxygen atoms in total. The van der Waals surface area contributed by atoms with Crippen LogP contribution in [0.2, 0.25) is 0 Å². The van der Waals surface area contributed by atoms with Crippen molar-refractivity contribution in [3.05, 3.63) is 0 Å². The van der Waals surface area contributed by atoms with E-state index in [-0.39, 0.29) is 0 Å². The Bertz CT molecular complexity index is 282. The third-order valence-electron chi connectivity index (χ3n) is 2.96. The molecule has 0 aromatic heterocycles. The maximum absolute atomic E-state index is 11.1. The number of aliphatic hydroxyl groups excluding tert-OH is 4. The Morgan fingerprint density at radius 1 is 1.07 bits per heavy atom. The van der Waals surface area contributed by atoms with Crippen molar-refractivity contribution in [1.82, 2.24) is 0 Å². The summed E-state index contributed by atoms with van der Waals surface area (Å²) in [6, 6.07) is 0. The van der Waals surface area contributed by atoms with Gasteiger partial charge in [0.2, 0.25) is 0 Å². The lowest BCUT2D eigenvalue weighted by molar-refractivity contribution is -0.212. The lowest BCUT2D eigenvalue weighted by Gasteiger charge is -2.39. The van der Waals surface area contributed by atoms with Gasteiger partial charge in [0.15, 0.2) is 0 Å². The van der Waals surface area contributed by atoms with Gasteiger partial charge < -0.3 is 34.4 Å². The molecule has 88 valence electrons. The summed E-state index contributed by atoms with van der Waals surface area (Å²) in [5, 5.41) is 37.6. The van der Waals surface area contributed by atoms with E-state index in [9.17, 15) is 29.9 Å². The molecule has 0 radical (unpaired) electrons. The molecule has 0 amide bonds. The summed E-state index contributed by atoms with van der Waals surface area (Å²) in [7, 11) is -4.07. The molecule has 1 saturated carbocycles. The first-order valence-corrected chi connectivity index (χ1v) is 6.27. The van der Waals surface area contributed by atoms with Gasteiger partial charge in [-0.1, -0.05) is 0 Å². The van der Waals surface area contributed by atoms with Crippen LogP contribution < -0.4 is 4.89 Å². The van der Waals surface area contributed by atoms with E-state index in [1.54, 1.807) is 0 Å². The van der Waals surface area contributed by atoms with Crippen molar-refractivity contribution in [3.63, 3.8) is 0 Å². The number of hydrogen-bond donors (Lipinski definition) is 4. The van der Waals surface area contributed by atoms with Gasteiger partial charge in [0.05, 0.1) is 12.2 Å². The zero-order chi connectivity index (χ0) is 11.4. The van der Waals surface area contributed by atoms with Gasteiger partial charge in [-0.3, -0.25) is 0 Å². The van der Waals surface area contributed by atoms with Crippen molar-refractivity contribution in [1.29, 1.82) is 0 Å². The van der Waals surface area contributed by atoms with Crippen molar-refractivity contribution in [3.8, 4) is 0 Å². The van der Waals surface area contributed by atoms with E-state index in [2.05, 4.69) is 4.52 Å². The van der Waals surface area contributed by atoms with Crippen LogP contribution >= 0.6 is 7.60 Å². The van der Waals surface area contributed by atoms with Gasteiger partial charge in [0, 0.05) is 12.1 Å². The van der Waals surface area contributed by atoms with Gasteiger partial charge in [-0.15, -0.1) is 0 Å². The summed E-state index contributed by atoms with van der Waals surface area (Å²) in [5.74, 6) is -0.887. The Morgan fingerprint density at radius 2 is 1.60 bits per heavy atom. The average molecular weight is 239 g/mol. The minimum Gasteiger partial charge on any atom is -0.778 e. The second-order valence-electron chi connectivity index (χ2n) is 3.99. The minimum absolute atomic E-state index is 0.431. The predicted octanol–water partition coefficient (Wildman–Crippen LogP) is -2.99. The van der Waals surface area contributed by atoms with Gasteiger partial charge in [-0.25, -0.2) is 0 Å². The third-order valence-corrected chi connectivity index (χ3v) is 4.40. The highest BCUT2D eigenvalue weighted by Gasteiger charge is 2.54. The molecular formula is C7H12O7P-. The molecule has 8 heteroatoms. The molecule has 2 rings (SSSR count). The van der Waals surface area contributed by atoms with Gasteiger partial charge in [-0.2, -0.15) is 0 Å². The largest absolute Gasteiger partial charge is 0.778 e. The van der Waals surface area contributed by atoms with Crippen molar-refractivity contribution >= 4 is 7.60 Å². The zero-order valence-electron chi connectivity index (χ0n) is 7.63. The molecule has 1 heterocycles. The molecule has 0 aromatic carbocycles. The van der Waals surface area contributed by atoms with Crippen LogP contribution in [0.15, 0.2) is 0 Å². The summed E-state index contributed by atoms with van der Waals surface area (Å²) >= 11 is 0. The van der Waals surface area contributed by atoms with Crippen molar-refractivity contribution < 1.29 is 34.4 Å². The second-order valence-corrected chi connectivity index (χ2v) is 5.79. The van der Waals surface area contributed by atoms with Crippen LogP contribution in [0.1, 0.15) is 0 Å². The summed E-state index contributed by atoms with van der Waals surface area (Å²) in [6.07, 6.45) is -7.65. The molecule has 0 bridgehead atoms. The molecule has 1 aliphatic carbocycles. The molecule has 2 aliphatic rings. The fraction of sp³-hybridized carbons (Fsp3) is 1.00. The monoisotopic (exact) mass is 239 g/mol. The normalized spacial score (nSPS) is 60.3. The Balaban J connectivity index is 2.27. The first kappa shape index (κ1) is 11.5. The zero-order valence-corrected chi connectivity index (χ0v) is 8.53. The van der Waals surface area contributed by atoms with Crippen LogP contribution in [-0.2, 0) is 9.09 Å². The molecule has 0 spiro atoms. The number of fused-ring (bicyclic) bond motifs is 1. The molecular weight excluding hydrogens is 227 g/mol. The quantitative estimate of drug-likeness (QED) is 0.331. The SMILES string of the molecule is O=P1([O-])C[C@@H]2[C@H](O)[C@@H](O)[C@H](O)[C@@H](O)[C@@H]2O1. The molecule has 0 aromatic rings. The predicted molar refractivity (Wildman–Crippen MR) is 44.9 cm³/mol. The topological polar surface area (TPSA) is 130 Å². The van der Waals surface area contributed by atoms with E-state index in [0.717, 1.165) is 0 Å². The lowest BCUT2D eigenvalue weighted by Crippen LogP contribution is -2.60. The Morgan fingerprint density at radius 3 is 2.20 bits per heavy atom. The van der Waals surface area contributed by atoms with E-state index in [4.69, 9.17) is 0 Å². The van der Waals surface area contributed by atoms with Gasteiger partial charge >= 0.3 is 0 Å². The highest BCUT2D eigenvalue weighted by Crippen LogP contribution is 2.53. The van der Waals surface area contributed by atoms with Gasteiger partial charge in [-0.05, 0) is 0 Å². The Hall–Kier alpha value is -0.0100. The van der Waals surface area contributed by atoms with Crippen LogP contribution in [0.3, 0.4) is 0 Å². The summed E-state index contributed by atoms with van der Waals surface area (Å²) in [4.78, 5) is 11.1. The minimum atomic E-state index is -4.07. The average Bonchev–Trinajstić information content (AvgIpc) is 2.48. The Kier molecular flexibility index (Phi) is 2.67. The third kappa shape index (κ3) is 1.74. The van der Waals surface area contributed by atoms with Crippen LogP contribution in [0.25, 0.3) is 0 Å². The van der Waals surface area contributed by atoms with Crippen LogP contribution in [-0.4, -0.2) is 57.1 Å². The lowest BCUT2D eigenvalue weighted by atomic mass is 9.79.